The third-order valence-electron chi connectivity index (χ3n) is 4.10. The predicted octanol–water partition coefficient (Wildman–Crippen LogP) is 3.66. The van der Waals surface area contributed by atoms with Crippen LogP contribution in [0.4, 0.5) is 5.69 Å². The van der Waals surface area contributed by atoms with Crippen LogP contribution in [0.25, 0.3) is 0 Å². The van der Waals surface area contributed by atoms with E-state index in [1.54, 1.807) is 72.8 Å². The molecule has 32 heavy (non-hydrogen) atoms. The third-order valence-corrected chi connectivity index (χ3v) is 4.43. The van der Waals surface area contributed by atoms with Crippen LogP contribution in [0.1, 0.15) is 15.9 Å². The molecule has 0 unspecified atom stereocenters. The summed E-state index contributed by atoms with van der Waals surface area (Å²) in [6.45, 7) is 0. The Morgan fingerprint density at radius 2 is 1.66 bits per heavy atom. The van der Waals surface area contributed by atoms with Crippen molar-refractivity contribution in [2.24, 2.45) is 5.10 Å². The lowest BCUT2D eigenvalue weighted by atomic mass is 10.2. The van der Waals surface area contributed by atoms with Crippen molar-refractivity contribution in [1.82, 2.24) is 5.43 Å². The smallest absolute Gasteiger partial charge is 0.343 e. The fourth-order valence-electron chi connectivity index (χ4n) is 2.51. The molecule has 0 saturated carbocycles. The van der Waals surface area contributed by atoms with E-state index in [1.807, 2.05) is 0 Å². The minimum atomic E-state index is -0.969. The first-order valence-electron chi connectivity index (χ1n) is 9.31. The van der Waals surface area contributed by atoms with E-state index < -0.39 is 17.8 Å². The highest BCUT2D eigenvalue weighted by atomic mass is 35.5. The van der Waals surface area contributed by atoms with Crippen LogP contribution in [0.5, 0.6) is 11.5 Å². The minimum absolute atomic E-state index is 0.289. The van der Waals surface area contributed by atoms with Gasteiger partial charge in [-0.15, -0.1) is 0 Å². The van der Waals surface area contributed by atoms with Crippen molar-refractivity contribution < 1.29 is 23.9 Å². The van der Waals surface area contributed by atoms with Gasteiger partial charge in [-0.2, -0.15) is 5.10 Å². The van der Waals surface area contributed by atoms with Crippen molar-refractivity contribution in [1.29, 1.82) is 0 Å². The maximum atomic E-state index is 12.3. The molecule has 2 N–H and O–H groups in total. The number of hydrogen-bond donors (Lipinski definition) is 2. The zero-order valence-electron chi connectivity index (χ0n) is 16.9. The lowest BCUT2D eigenvalue weighted by molar-refractivity contribution is -0.136. The number of ether oxygens (including phenoxy) is 2. The molecular weight excluding hydrogens is 434 g/mol. The van der Waals surface area contributed by atoms with Gasteiger partial charge in [0.2, 0.25) is 0 Å². The maximum absolute atomic E-state index is 12.3. The molecule has 0 radical (unpaired) electrons. The fraction of sp³-hybridized carbons (Fsp3) is 0.0435. The lowest BCUT2D eigenvalue weighted by Gasteiger charge is -2.06. The molecule has 0 aliphatic carbocycles. The monoisotopic (exact) mass is 451 g/mol. The Balaban J connectivity index is 1.56. The first-order valence-corrected chi connectivity index (χ1v) is 9.69. The van der Waals surface area contributed by atoms with Crippen molar-refractivity contribution in [2.75, 3.05) is 12.4 Å². The molecule has 162 valence electrons. The quantitative estimate of drug-likeness (QED) is 0.195. The van der Waals surface area contributed by atoms with E-state index in [4.69, 9.17) is 21.1 Å². The average Bonchev–Trinajstić information content (AvgIpc) is 2.80. The van der Waals surface area contributed by atoms with E-state index in [0.717, 1.165) is 0 Å². The first-order chi connectivity index (χ1) is 15.5. The number of para-hydroxylation sites is 1. The number of carbonyl (C=O) groups is 3. The highest BCUT2D eigenvalue weighted by Gasteiger charge is 2.14. The Morgan fingerprint density at radius 3 is 2.38 bits per heavy atom. The number of hydrogen-bond acceptors (Lipinski definition) is 6. The molecular formula is C23H18ClN3O5. The van der Waals surface area contributed by atoms with Crippen LogP contribution in [0.15, 0.2) is 77.9 Å². The number of anilines is 1. The van der Waals surface area contributed by atoms with Gasteiger partial charge in [0.15, 0.2) is 0 Å². The molecule has 0 heterocycles. The van der Waals surface area contributed by atoms with E-state index in [1.165, 1.54) is 13.3 Å². The summed E-state index contributed by atoms with van der Waals surface area (Å²) >= 11 is 5.94. The first kappa shape index (κ1) is 22.5. The van der Waals surface area contributed by atoms with Crippen molar-refractivity contribution >= 4 is 41.3 Å². The van der Waals surface area contributed by atoms with Gasteiger partial charge in [-0.25, -0.2) is 10.2 Å². The molecule has 2 amide bonds. The third kappa shape index (κ3) is 6.16. The Morgan fingerprint density at radius 1 is 0.906 bits per heavy atom. The second kappa shape index (κ2) is 10.7. The molecule has 3 aromatic carbocycles. The summed E-state index contributed by atoms with van der Waals surface area (Å²) in [5, 5.41) is 6.45. The number of rotatable bonds is 6. The molecule has 0 aromatic heterocycles. The van der Waals surface area contributed by atoms with E-state index >= 15 is 0 Å². The minimum Gasteiger partial charge on any atom is -0.497 e. The van der Waals surface area contributed by atoms with Gasteiger partial charge < -0.3 is 14.8 Å². The topological polar surface area (TPSA) is 106 Å². The molecule has 0 bridgehead atoms. The summed E-state index contributed by atoms with van der Waals surface area (Å²) in [6.07, 6.45) is 1.31. The second-order valence-corrected chi connectivity index (χ2v) is 6.73. The predicted molar refractivity (Wildman–Crippen MR) is 120 cm³/mol. The van der Waals surface area contributed by atoms with Gasteiger partial charge in [-0.1, -0.05) is 35.9 Å². The molecule has 3 aromatic rings. The number of amides is 2. The average molecular weight is 452 g/mol. The lowest BCUT2D eigenvalue weighted by Crippen LogP contribution is -2.32. The number of methoxy groups -OCH3 is 1. The Bertz CT molecular complexity index is 1160. The van der Waals surface area contributed by atoms with Gasteiger partial charge in [-0.3, -0.25) is 9.59 Å². The van der Waals surface area contributed by atoms with Gasteiger partial charge in [0.1, 0.15) is 11.5 Å². The van der Waals surface area contributed by atoms with Crippen LogP contribution in [0, 0.1) is 0 Å². The summed E-state index contributed by atoms with van der Waals surface area (Å²) in [6, 6.07) is 19.5. The molecule has 0 aliphatic rings. The van der Waals surface area contributed by atoms with Crippen molar-refractivity contribution in [3.05, 3.63) is 88.9 Å². The second-order valence-electron chi connectivity index (χ2n) is 6.32. The van der Waals surface area contributed by atoms with E-state index in [0.29, 0.717) is 27.6 Å². The van der Waals surface area contributed by atoms with Crippen LogP contribution in [0.2, 0.25) is 5.02 Å². The Labute approximate surface area is 188 Å². The van der Waals surface area contributed by atoms with Crippen molar-refractivity contribution in [2.45, 2.75) is 0 Å². The van der Waals surface area contributed by atoms with E-state index in [9.17, 15) is 14.4 Å². The maximum Gasteiger partial charge on any atom is 0.343 e. The molecule has 8 nitrogen and oxygen atoms in total. The van der Waals surface area contributed by atoms with Crippen LogP contribution < -0.4 is 20.2 Å². The summed E-state index contributed by atoms with van der Waals surface area (Å²) in [5.41, 5.74) is 3.33. The Hall–Kier alpha value is -4.17. The highest BCUT2D eigenvalue weighted by Crippen LogP contribution is 2.20. The largest absolute Gasteiger partial charge is 0.497 e. The zero-order valence-corrected chi connectivity index (χ0v) is 17.6. The molecule has 0 aliphatic heterocycles. The summed E-state index contributed by atoms with van der Waals surface area (Å²) in [4.78, 5) is 36.1. The molecule has 0 atom stereocenters. The van der Waals surface area contributed by atoms with Crippen molar-refractivity contribution in [3.8, 4) is 11.5 Å². The van der Waals surface area contributed by atoms with Gasteiger partial charge >= 0.3 is 17.8 Å². The van der Waals surface area contributed by atoms with Crippen molar-refractivity contribution in [3.63, 3.8) is 0 Å². The normalized spacial score (nSPS) is 10.4. The van der Waals surface area contributed by atoms with Crippen LogP contribution >= 0.6 is 11.6 Å². The molecule has 3 rings (SSSR count). The van der Waals surface area contributed by atoms with Gasteiger partial charge in [0.05, 0.1) is 29.6 Å². The van der Waals surface area contributed by atoms with Crippen LogP contribution in [-0.4, -0.2) is 31.1 Å². The SMILES string of the molecule is COc1ccc(C(=O)Oc2cccc(C=NNC(=O)C(=O)Nc3ccccc3Cl)c2)cc1. The van der Waals surface area contributed by atoms with Crippen LogP contribution in [0.3, 0.4) is 0 Å². The number of benzene rings is 3. The fourth-order valence-corrected chi connectivity index (χ4v) is 2.69. The number of nitrogens with zero attached hydrogens (tertiary/aromatic N) is 1. The van der Waals surface area contributed by atoms with Gasteiger partial charge in [-0.05, 0) is 54.1 Å². The summed E-state index contributed by atoms with van der Waals surface area (Å²) in [5.74, 6) is -1.51. The summed E-state index contributed by atoms with van der Waals surface area (Å²) in [7, 11) is 1.54. The van der Waals surface area contributed by atoms with Crippen LogP contribution in [-0.2, 0) is 9.59 Å². The molecule has 9 heteroatoms. The zero-order chi connectivity index (χ0) is 22.9. The Kier molecular flexibility index (Phi) is 7.55. The van der Waals surface area contributed by atoms with E-state index in [-0.39, 0.29) is 5.75 Å². The number of esters is 1. The van der Waals surface area contributed by atoms with Gasteiger partial charge in [0, 0.05) is 0 Å². The molecule has 0 spiro atoms. The highest BCUT2D eigenvalue weighted by molar-refractivity contribution is 6.41. The molecule has 0 saturated heterocycles. The van der Waals surface area contributed by atoms with E-state index in [2.05, 4.69) is 15.8 Å². The standard InChI is InChI=1S/C23H18ClN3O5/c1-31-17-11-9-16(10-12-17)23(30)32-18-6-4-5-15(13-18)14-25-27-22(29)21(28)26-20-8-3-2-7-19(20)24/h2-14H,1H3,(H,26,28)(H,27,29). The number of hydrazone groups is 1. The molecule has 0 fully saturated rings. The van der Waals surface area contributed by atoms with Gasteiger partial charge in [0.25, 0.3) is 0 Å². The summed E-state index contributed by atoms with van der Waals surface area (Å²) < 4.78 is 10.4. The number of nitrogens with one attached hydrogen (secondary N) is 2. The number of carbonyl (C=O) groups excluding carboxylic acids is 3. The number of halogens is 1.